The maximum atomic E-state index is 13.7. The normalized spacial score (nSPS) is 11.9. The van der Waals surface area contributed by atoms with E-state index in [1.54, 1.807) is 24.3 Å². The standard InChI is InChI=1S/C26H27F2N3O2/c1-3-31(4-2)16-20(32)10-12-25(33)18-8-5-17(6-9-18)7-11-21-22-14-24(28)23(27)13-19(22)15-30-26(21)29/h5-6,8-9,13-15,20,32H,3-4,10,12,16H2,1-2H3,(H2,29,30). The van der Waals surface area contributed by atoms with Crippen LogP contribution in [0.1, 0.15) is 48.2 Å². The minimum absolute atomic E-state index is 0.0481. The fourth-order valence-electron chi connectivity index (χ4n) is 3.55. The summed E-state index contributed by atoms with van der Waals surface area (Å²) in [5.74, 6) is 3.95. The van der Waals surface area contributed by atoms with Crippen molar-refractivity contribution in [2.45, 2.75) is 32.8 Å². The first-order valence-electron chi connectivity index (χ1n) is 10.9. The van der Waals surface area contributed by atoms with E-state index in [0.717, 1.165) is 25.2 Å². The van der Waals surface area contributed by atoms with Gasteiger partial charge in [-0.1, -0.05) is 37.8 Å². The molecule has 0 fully saturated rings. The number of carbonyl (C=O) groups excluding carboxylic acids is 1. The Hall–Kier alpha value is -3.34. The SMILES string of the molecule is CCN(CC)CC(O)CCC(=O)c1ccc(C#Cc2c(N)ncc3cc(F)c(F)cc23)cc1. The summed E-state index contributed by atoms with van der Waals surface area (Å²) in [6.07, 6.45) is 1.49. The number of pyridine rings is 1. The predicted octanol–water partition coefficient (Wildman–Crippen LogP) is 4.16. The molecule has 3 N–H and O–H groups in total. The van der Waals surface area contributed by atoms with E-state index in [0.29, 0.717) is 40.4 Å². The molecule has 1 unspecified atom stereocenters. The lowest BCUT2D eigenvalue weighted by molar-refractivity contribution is 0.0877. The summed E-state index contributed by atoms with van der Waals surface area (Å²) >= 11 is 0. The molecule has 0 amide bonds. The molecule has 0 spiro atoms. The molecular weight excluding hydrogens is 424 g/mol. The lowest BCUT2D eigenvalue weighted by atomic mass is 10.0. The van der Waals surface area contributed by atoms with Gasteiger partial charge in [-0.15, -0.1) is 0 Å². The van der Waals surface area contributed by atoms with Crippen LogP contribution in [0.2, 0.25) is 0 Å². The van der Waals surface area contributed by atoms with Gasteiger partial charge >= 0.3 is 0 Å². The molecular formula is C26H27F2N3O2. The van der Waals surface area contributed by atoms with Crippen molar-refractivity contribution in [2.24, 2.45) is 0 Å². The maximum Gasteiger partial charge on any atom is 0.162 e. The molecule has 7 heteroatoms. The van der Waals surface area contributed by atoms with E-state index in [9.17, 15) is 18.7 Å². The molecule has 0 bridgehead atoms. The van der Waals surface area contributed by atoms with Crippen LogP contribution < -0.4 is 5.73 Å². The zero-order chi connectivity index (χ0) is 24.0. The first-order chi connectivity index (χ1) is 15.8. The van der Waals surface area contributed by atoms with E-state index < -0.39 is 17.7 Å². The lowest BCUT2D eigenvalue weighted by Gasteiger charge is -2.21. The largest absolute Gasteiger partial charge is 0.392 e. The van der Waals surface area contributed by atoms with Crippen LogP contribution in [0.4, 0.5) is 14.6 Å². The molecule has 0 radical (unpaired) electrons. The second-order valence-corrected chi connectivity index (χ2v) is 7.80. The number of fused-ring (bicyclic) bond motifs is 1. The molecule has 3 rings (SSSR count). The molecule has 0 aliphatic heterocycles. The number of nitrogens with two attached hydrogens (primary N) is 1. The fraction of sp³-hybridized carbons (Fsp3) is 0.308. The highest BCUT2D eigenvalue weighted by Gasteiger charge is 2.13. The first kappa shape index (κ1) is 24.3. The van der Waals surface area contributed by atoms with E-state index in [1.165, 1.54) is 6.20 Å². The van der Waals surface area contributed by atoms with Gasteiger partial charge in [0.25, 0.3) is 0 Å². The number of rotatable bonds is 8. The highest BCUT2D eigenvalue weighted by atomic mass is 19.2. The van der Waals surface area contributed by atoms with Crippen LogP contribution in [-0.4, -0.2) is 46.5 Å². The molecule has 1 heterocycles. The summed E-state index contributed by atoms with van der Waals surface area (Å²) in [4.78, 5) is 18.6. The van der Waals surface area contributed by atoms with Gasteiger partial charge in [-0.25, -0.2) is 13.8 Å². The summed E-state index contributed by atoms with van der Waals surface area (Å²) in [6, 6.07) is 8.90. The second-order valence-electron chi connectivity index (χ2n) is 7.80. The summed E-state index contributed by atoms with van der Waals surface area (Å²) < 4.78 is 27.2. The van der Waals surface area contributed by atoms with Crippen LogP contribution in [0.15, 0.2) is 42.6 Å². The van der Waals surface area contributed by atoms with E-state index >= 15 is 0 Å². The number of aromatic nitrogens is 1. The van der Waals surface area contributed by atoms with Crippen LogP contribution >= 0.6 is 0 Å². The number of hydrogen-bond acceptors (Lipinski definition) is 5. The quantitative estimate of drug-likeness (QED) is 0.397. The maximum absolute atomic E-state index is 13.7. The number of benzene rings is 2. The van der Waals surface area contributed by atoms with Crippen LogP contribution in [-0.2, 0) is 0 Å². The smallest absolute Gasteiger partial charge is 0.162 e. The topological polar surface area (TPSA) is 79.5 Å². The molecule has 172 valence electrons. The number of aliphatic hydroxyl groups excluding tert-OH is 1. The number of nitrogens with zero attached hydrogens (tertiary/aromatic N) is 2. The monoisotopic (exact) mass is 451 g/mol. The molecule has 0 aliphatic rings. The molecule has 3 aromatic rings. The van der Waals surface area contributed by atoms with Crippen molar-refractivity contribution in [3.8, 4) is 11.8 Å². The van der Waals surface area contributed by atoms with E-state index in [-0.39, 0.29) is 18.0 Å². The van der Waals surface area contributed by atoms with Crippen molar-refractivity contribution in [3.63, 3.8) is 0 Å². The van der Waals surface area contributed by atoms with Gasteiger partial charge in [-0.2, -0.15) is 0 Å². The van der Waals surface area contributed by atoms with Crippen molar-refractivity contribution in [3.05, 3.63) is 70.9 Å². The third-order valence-corrected chi connectivity index (χ3v) is 5.57. The summed E-state index contributed by atoms with van der Waals surface area (Å²) in [5, 5.41) is 10.9. The van der Waals surface area contributed by atoms with Gasteiger partial charge in [0.15, 0.2) is 17.4 Å². The fourth-order valence-corrected chi connectivity index (χ4v) is 3.55. The molecule has 5 nitrogen and oxygen atoms in total. The zero-order valence-electron chi connectivity index (χ0n) is 18.7. The van der Waals surface area contributed by atoms with Gasteiger partial charge in [-0.05, 0) is 43.8 Å². The Balaban J connectivity index is 1.71. The van der Waals surface area contributed by atoms with Crippen molar-refractivity contribution in [2.75, 3.05) is 25.4 Å². The number of hydrogen-bond donors (Lipinski definition) is 2. The Bertz CT molecular complexity index is 1200. The number of aliphatic hydroxyl groups is 1. The van der Waals surface area contributed by atoms with Crippen molar-refractivity contribution in [1.29, 1.82) is 0 Å². The van der Waals surface area contributed by atoms with Crippen LogP contribution in [0.25, 0.3) is 10.8 Å². The van der Waals surface area contributed by atoms with Crippen LogP contribution in [0.5, 0.6) is 0 Å². The number of likely N-dealkylation sites (N-methyl/N-ethyl adjacent to an activating group) is 1. The second kappa shape index (κ2) is 11.0. The third-order valence-electron chi connectivity index (χ3n) is 5.57. The lowest BCUT2D eigenvalue weighted by Crippen LogP contribution is -2.32. The summed E-state index contributed by atoms with van der Waals surface area (Å²) in [6.45, 7) is 6.34. The Morgan fingerprint density at radius 2 is 1.79 bits per heavy atom. The molecule has 0 aliphatic carbocycles. The number of halogens is 2. The van der Waals surface area contributed by atoms with Crippen LogP contribution in [0, 0.1) is 23.5 Å². The van der Waals surface area contributed by atoms with Crippen LogP contribution in [0.3, 0.4) is 0 Å². The van der Waals surface area contributed by atoms with Gasteiger partial charge in [0, 0.05) is 41.1 Å². The average molecular weight is 452 g/mol. The minimum Gasteiger partial charge on any atom is -0.392 e. The zero-order valence-corrected chi connectivity index (χ0v) is 18.7. The Labute approximate surface area is 192 Å². The van der Waals surface area contributed by atoms with E-state index in [4.69, 9.17) is 5.73 Å². The minimum atomic E-state index is -0.985. The van der Waals surface area contributed by atoms with Gasteiger partial charge in [0.1, 0.15) is 5.82 Å². The number of Topliss-reactive ketones (excluding diaryl/α,β-unsaturated/α-hetero) is 1. The molecule has 2 aromatic carbocycles. The van der Waals surface area contributed by atoms with Gasteiger partial charge < -0.3 is 15.7 Å². The molecule has 1 atom stereocenters. The van der Waals surface area contributed by atoms with Gasteiger partial charge in [0.05, 0.1) is 11.7 Å². The Kier molecular flexibility index (Phi) is 8.10. The molecule has 33 heavy (non-hydrogen) atoms. The Morgan fingerprint density at radius 1 is 1.12 bits per heavy atom. The molecule has 0 saturated heterocycles. The predicted molar refractivity (Wildman–Crippen MR) is 126 cm³/mol. The van der Waals surface area contributed by atoms with Gasteiger partial charge in [-0.3, -0.25) is 4.79 Å². The van der Waals surface area contributed by atoms with E-state index in [1.807, 2.05) is 13.8 Å². The Morgan fingerprint density at radius 3 is 2.45 bits per heavy atom. The summed E-state index contributed by atoms with van der Waals surface area (Å²) in [7, 11) is 0. The number of nitrogen functional groups attached to an aromatic ring is 1. The number of carbonyl (C=O) groups is 1. The van der Waals surface area contributed by atoms with Crippen molar-refractivity contribution in [1.82, 2.24) is 9.88 Å². The highest BCUT2D eigenvalue weighted by molar-refractivity contribution is 5.96. The van der Waals surface area contributed by atoms with Gasteiger partial charge in [0.2, 0.25) is 0 Å². The third kappa shape index (κ3) is 6.13. The number of ketones is 1. The van der Waals surface area contributed by atoms with E-state index in [2.05, 4.69) is 21.7 Å². The summed E-state index contributed by atoms with van der Waals surface area (Å²) in [5.41, 5.74) is 7.40. The number of anilines is 1. The average Bonchev–Trinajstić information content (AvgIpc) is 2.82. The highest BCUT2D eigenvalue weighted by Crippen LogP contribution is 2.24. The molecule has 0 saturated carbocycles. The van der Waals surface area contributed by atoms with Crippen molar-refractivity contribution < 1.29 is 18.7 Å². The van der Waals surface area contributed by atoms with Crippen molar-refractivity contribution >= 4 is 22.4 Å². The first-order valence-corrected chi connectivity index (χ1v) is 10.9. The molecule has 1 aromatic heterocycles.